The molecule has 2 rings (SSSR count). The van der Waals surface area contributed by atoms with E-state index in [1.54, 1.807) is 0 Å². The van der Waals surface area contributed by atoms with E-state index in [2.05, 4.69) is 39.3 Å². The third-order valence-electron chi connectivity index (χ3n) is 3.54. The second kappa shape index (κ2) is 8.82. The lowest BCUT2D eigenvalue weighted by molar-refractivity contribution is 0.584. The van der Waals surface area contributed by atoms with Gasteiger partial charge >= 0.3 is 0 Å². The molecule has 1 fully saturated rings. The zero-order chi connectivity index (χ0) is 14.4. The Morgan fingerprint density at radius 2 is 2.24 bits per heavy atom. The van der Waals surface area contributed by atoms with Crippen molar-refractivity contribution in [1.29, 1.82) is 0 Å². The lowest BCUT2D eigenvalue weighted by Crippen LogP contribution is -2.43. The van der Waals surface area contributed by atoms with Gasteiger partial charge in [0.1, 0.15) is 0 Å². The topological polar surface area (TPSA) is 49.3 Å². The van der Waals surface area contributed by atoms with Gasteiger partial charge in [-0.2, -0.15) is 11.8 Å². The van der Waals surface area contributed by atoms with E-state index in [4.69, 9.17) is 0 Å². The molecule has 2 N–H and O–H groups in total. The molecule has 1 aromatic heterocycles. The van der Waals surface area contributed by atoms with Crippen molar-refractivity contribution in [3.05, 3.63) is 29.6 Å². The Kier molecular flexibility index (Phi) is 7.79. The van der Waals surface area contributed by atoms with Crippen LogP contribution in [0.15, 0.2) is 23.2 Å². The third kappa shape index (κ3) is 6.02. The highest BCUT2D eigenvalue weighted by atomic mass is 127. The van der Waals surface area contributed by atoms with Crippen molar-refractivity contribution >= 4 is 41.7 Å². The van der Waals surface area contributed by atoms with Crippen molar-refractivity contribution < 1.29 is 0 Å². The first-order chi connectivity index (χ1) is 9.61. The molecule has 0 saturated carbocycles. The molecule has 0 radical (unpaired) electrons. The van der Waals surface area contributed by atoms with E-state index in [9.17, 15) is 0 Å². The number of rotatable bonds is 4. The van der Waals surface area contributed by atoms with Crippen LogP contribution in [0.5, 0.6) is 0 Å². The minimum Gasteiger partial charge on any atom is -0.355 e. The summed E-state index contributed by atoms with van der Waals surface area (Å²) in [5, 5.41) is 6.75. The van der Waals surface area contributed by atoms with E-state index < -0.39 is 0 Å². The Labute approximate surface area is 149 Å². The van der Waals surface area contributed by atoms with Crippen LogP contribution in [-0.4, -0.2) is 35.0 Å². The van der Waals surface area contributed by atoms with Crippen LogP contribution in [0.4, 0.5) is 0 Å². The van der Waals surface area contributed by atoms with Gasteiger partial charge in [-0.05, 0) is 44.6 Å². The van der Waals surface area contributed by atoms with Crippen molar-refractivity contribution in [2.24, 2.45) is 4.99 Å². The molecule has 1 unspecified atom stereocenters. The number of halogens is 1. The van der Waals surface area contributed by atoms with Crippen molar-refractivity contribution in [3.8, 4) is 0 Å². The lowest BCUT2D eigenvalue weighted by Gasteiger charge is -2.24. The molecular weight excluding hydrogens is 395 g/mol. The molecule has 0 amide bonds. The third-order valence-corrected chi connectivity index (χ3v) is 5.07. The van der Waals surface area contributed by atoms with Crippen LogP contribution in [0.3, 0.4) is 0 Å². The minimum absolute atomic E-state index is 0. The normalized spacial score (nSPS) is 21.8. The number of thioether (sulfide) groups is 1. The van der Waals surface area contributed by atoms with E-state index in [1.165, 1.54) is 18.6 Å². The van der Waals surface area contributed by atoms with E-state index in [0.717, 1.165) is 23.9 Å². The average Bonchev–Trinajstić information content (AvgIpc) is 2.86. The summed E-state index contributed by atoms with van der Waals surface area (Å²) in [7, 11) is 1.81. The number of aryl methyl sites for hydroxylation is 1. The van der Waals surface area contributed by atoms with Gasteiger partial charge in [0.15, 0.2) is 5.96 Å². The molecule has 21 heavy (non-hydrogen) atoms. The lowest BCUT2D eigenvalue weighted by atomic mass is 10.1. The standard InChI is InChI=1S/C15H24N4S.HI/c1-12-6-4-7-13(19-12)10-17-14(16-3)18-11-15(2)8-5-9-20-15;/h4,6-7H,5,8-11H2,1-3H3,(H2,16,17,18);1H. The maximum atomic E-state index is 4.48. The Morgan fingerprint density at radius 1 is 1.43 bits per heavy atom. The summed E-state index contributed by atoms with van der Waals surface area (Å²) in [4.78, 5) is 8.76. The molecular formula is C15H25IN4S. The molecule has 4 nitrogen and oxygen atoms in total. The highest BCUT2D eigenvalue weighted by molar-refractivity contribution is 14.0. The van der Waals surface area contributed by atoms with Crippen LogP contribution in [0, 0.1) is 6.92 Å². The van der Waals surface area contributed by atoms with Gasteiger partial charge in [-0.3, -0.25) is 9.98 Å². The molecule has 0 bridgehead atoms. The number of guanidine groups is 1. The van der Waals surface area contributed by atoms with Gasteiger partial charge in [0.05, 0.1) is 12.2 Å². The fraction of sp³-hybridized carbons (Fsp3) is 0.600. The van der Waals surface area contributed by atoms with Crippen molar-refractivity contribution in [2.45, 2.75) is 38.0 Å². The number of nitrogens with one attached hydrogen (secondary N) is 2. The van der Waals surface area contributed by atoms with Crippen LogP contribution in [0.2, 0.25) is 0 Å². The number of pyridine rings is 1. The van der Waals surface area contributed by atoms with Crippen molar-refractivity contribution in [3.63, 3.8) is 0 Å². The average molecular weight is 420 g/mol. The van der Waals surface area contributed by atoms with Crippen molar-refractivity contribution in [2.75, 3.05) is 19.3 Å². The van der Waals surface area contributed by atoms with Gasteiger partial charge < -0.3 is 10.6 Å². The van der Waals surface area contributed by atoms with Gasteiger partial charge in [-0.15, -0.1) is 24.0 Å². The molecule has 1 aliphatic rings. The van der Waals surface area contributed by atoms with E-state index >= 15 is 0 Å². The number of hydrogen-bond acceptors (Lipinski definition) is 3. The molecule has 1 atom stereocenters. The van der Waals surface area contributed by atoms with Crippen LogP contribution < -0.4 is 10.6 Å². The van der Waals surface area contributed by atoms with Crippen LogP contribution in [-0.2, 0) is 6.54 Å². The summed E-state index contributed by atoms with van der Waals surface area (Å²) in [6.45, 7) is 5.99. The first-order valence-electron chi connectivity index (χ1n) is 7.12. The monoisotopic (exact) mass is 420 g/mol. The van der Waals surface area contributed by atoms with E-state index in [0.29, 0.717) is 11.3 Å². The molecule has 2 heterocycles. The Morgan fingerprint density at radius 3 is 2.86 bits per heavy atom. The smallest absolute Gasteiger partial charge is 0.191 e. The van der Waals surface area contributed by atoms with E-state index in [-0.39, 0.29) is 24.0 Å². The molecule has 1 aliphatic heterocycles. The van der Waals surface area contributed by atoms with E-state index in [1.807, 2.05) is 32.2 Å². The fourth-order valence-electron chi connectivity index (χ4n) is 2.34. The van der Waals surface area contributed by atoms with Crippen molar-refractivity contribution in [1.82, 2.24) is 15.6 Å². The first-order valence-corrected chi connectivity index (χ1v) is 8.11. The number of aliphatic imine (C=N–C) groups is 1. The molecule has 0 aromatic carbocycles. The summed E-state index contributed by atoms with van der Waals surface area (Å²) in [5.74, 6) is 2.12. The summed E-state index contributed by atoms with van der Waals surface area (Å²) in [5.41, 5.74) is 2.08. The second-order valence-electron chi connectivity index (χ2n) is 5.45. The largest absolute Gasteiger partial charge is 0.355 e. The predicted octanol–water partition coefficient (Wildman–Crippen LogP) is 2.96. The quantitative estimate of drug-likeness (QED) is 0.447. The van der Waals surface area contributed by atoms with Crippen LogP contribution >= 0.6 is 35.7 Å². The van der Waals surface area contributed by atoms with Gasteiger partial charge in [0.25, 0.3) is 0 Å². The Balaban J connectivity index is 0.00000220. The molecule has 0 aliphatic carbocycles. The van der Waals surface area contributed by atoms with Crippen LogP contribution in [0.25, 0.3) is 0 Å². The minimum atomic E-state index is 0. The number of aromatic nitrogens is 1. The van der Waals surface area contributed by atoms with Gasteiger partial charge in [-0.1, -0.05) is 6.07 Å². The highest BCUT2D eigenvalue weighted by Gasteiger charge is 2.29. The second-order valence-corrected chi connectivity index (χ2v) is 7.13. The maximum Gasteiger partial charge on any atom is 0.191 e. The maximum absolute atomic E-state index is 4.48. The zero-order valence-electron chi connectivity index (χ0n) is 13.0. The summed E-state index contributed by atoms with van der Waals surface area (Å²) in [6.07, 6.45) is 2.60. The number of hydrogen-bond donors (Lipinski definition) is 2. The van der Waals surface area contributed by atoms with Gasteiger partial charge in [0, 0.05) is 24.0 Å². The molecule has 1 aromatic rings. The molecule has 118 valence electrons. The Hall–Kier alpha value is -0.500. The first kappa shape index (κ1) is 18.5. The predicted molar refractivity (Wildman–Crippen MR) is 103 cm³/mol. The summed E-state index contributed by atoms with van der Waals surface area (Å²) < 4.78 is 0.346. The highest BCUT2D eigenvalue weighted by Crippen LogP contribution is 2.36. The zero-order valence-corrected chi connectivity index (χ0v) is 16.1. The van der Waals surface area contributed by atoms with Crippen LogP contribution in [0.1, 0.15) is 31.2 Å². The SMILES string of the molecule is CN=C(NCc1cccc(C)n1)NCC1(C)CCCS1.I. The summed E-state index contributed by atoms with van der Waals surface area (Å²) >= 11 is 2.06. The Bertz CT molecular complexity index is 472. The fourth-order valence-corrected chi connectivity index (χ4v) is 3.58. The number of nitrogens with zero attached hydrogens (tertiary/aromatic N) is 2. The summed E-state index contributed by atoms with van der Waals surface area (Å²) in [6, 6.07) is 6.07. The molecule has 6 heteroatoms. The van der Waals surface area contributed by atoms with Gasteiger partial charge in [-0.25, -0.2) is 0 Å². The molecule has 0 spiro atoms. The van der Waals surface area contributed by atoms with Gasteiger partial charge in [0.2, 0.25) is 0 Å². The molecule has 1 saturated heterocycles.